The first-order valence-electron chi connectivity index (χ1n) is 15.2. The Kier molecular flexibility index (Phi) is 13.6. The van der Waals surface area contributed by atoms with Crippen LogP contribution in [0.3, 0.4) is 0 Å². The van der Waals surface area contributed by atoms with E-state index in [0.29, 0.717) is 5.84 Å². The Morgan fingerprint density at radius 2 is 1.43 bits per heavy atom. The predicted molar refractivity (Wildman–Crippen MR) is 188 cm³/mol. The van der Waals surface area contributed by atoms with Crippen molar-refractivity contribution in [1.82, 2.24) is 18.9 Å². The molecule has 2 N–H and O–H groups in total. The SMILES string of the molecule is CC.CN(C)CCCCn1ccc2ccc([N+](=O)[O-])cc21.CN(C)CCCn1ccc2ccc(N=C(N)c3cccs3)cc21. The van der Waals surface area contributed by atoms with Crippen LogP contribution in [0.15, 0.2) is 83.4 Å². The molecule has 5 aromatic rings. The number of aryl methyl sites for hydroxylation is 2. The van der Waals surface area contributed by atoms with E-state index in [9.17, 15) is 10.1 Å². The van der Waals surface area contributed by atoms with Crippen LogP contribution in [0.25, 0.3) is 21.8 Å². The summed E-state index contributed by atoms with van der Waals surface area (Å²) in [6.45, 7) is 8.07. The van der Waals surface area contributed by atoms with Crippen molar-refractivity contribution in [2.75, 3.05) is 41.3 Å². The molecule has 0 fully saturated rings. The molecule has 236 valence electrons. The minimum absolute atomic E-state index is 0.153. The molecule has 44 heavy (non-hydrogen) atoms. The zero-order chi connectivity index (χ0) is 32.1. The van der Waals surface area contributed by atoms with Gasteiger partial charge in [0.05, 0.1) is 26.5 Å². The van der Waals surface area contributed by atoms with Gasteiger partial charge < -0.3 is 24.7 Å². The number of rotatable bonds is 12. The molecule has 10 heteroatoms. The number of non-ortho nitro benzene ring substituents is 1. The van der Waals surface area contributed by atoms with Gasteiger partial charge in [0.1, 0.15) is 5.84 Å². The molecule has 0 saturated carbocycles. The molecule has 0 amide bonds. The number of aromatic nitrogens is 2. The van der Waals surface area contributed by atoms with Gasteiger partial charge in [-0.15, -0.1) is 11.3 Å². The maximum absolute atomic E-state index is 10.8. The van der Waals surface area contributed by atoms with Gasteiger partial charge in [-0.3, -0.25) is 10.1 Å². The average Bonchev–Trinajstić information content (AvgIpc) is 3.77. The predicted octanol–water partition coefficient (Wildman–Crippen LogP) is 7.61. The van der Waals surface area contributed by atoms with Gasteiger partial charge in [0.2, 0.25) is 0 Å². The second kappa shape index (κ2) is 17.3. The van der Waals surface area contributed by atoms with Crippen LogP contribution >= 0.6 is 11.3 Å². The van der Waals surface area contributed by atoms with Crippen LogP contribution in [-0.4, -0.2) is 71.0 Å². The summed E-state index contributed by atoms with van der Waals surface area (Å²) in [6.07, 6.45) is 7.48. The number of hydrogen-bond donors (Lipinski definition) is 1. The van der Waals surface area contributed by atoms with E-state index < -0.39 is 0 Å². The summed E-state index contributed by atoms with van der Waals surface area (Å²) < 4.78 is 4.39. The van der Waals surface area contributed by atoms with Gasteiger partial charge in [-0.1, -0.05) is 26.0 Å². The van der Waals surface area contributed by atoms with Crippen molar-refractivity contribution in [1.29, 1.82) is 0 Å². The van der Waals surface area contributed by atoms with Gasteiger partial charge in [0.15, 0.2) is 0 Å². The highest BCUT2D eigenvalue weighted by molar-refractivity contribution is 7.12. The molecule has 0 aliphatic heterocycles. The number of thiophene rings is 1. The van der Waals surface area contributed by atoms with E-state index in [1.54, 1.807) is 23.5 Å². The lowest BCUT2D eigenvalue weighted by Gasteiger charge is -2.10. The lowest BCUT2D eigenvalue weighted by Crippen LogP contribution is -2.14. The number of nitro benzene ring substituents is 1. The molecule has 5 rings (SSSR count). The Labute approximate surface area is 265 Å². The second-order valence-electron chi connectivity index (χ2n) is 10.9. The first-order valence-corrected chi connectivity index (χ1v) is 16.1. The fraction of sp³-hybridized carbons (Fsp3) is 0.382. The summed E-state index contributed by atoms with van der Waals surface area (Å²) in [4.78, 5) is 20.4. The highest BCUT2D eigenvalue weighted by Crippen LogP contribution is 2.24. The van der Waals surface area contributed by atoms with E-state index >= 15 is 0 Å². The number of aliphatic imine (C=N–C) groups is 1. The Balaban J connectivity index is 0.000000232. The number of nitrogens with zero attached hydrogens (tertiary/aromatic N) is 6. The quantitative estimate of drug-likeness (QED) is 0.0511. The van der Waals surface area contributed by atoms with Gasteiger partial charge in [-0.25, -0.2) is 4.99 Å². The Hall–Kier alpha value is -3.99. The van der Waals surface area contributed by atoms with Gasteiger partial charge >= 0.3 is 0 Å². The van der Waals surface area contributed by atoms with E-state index in [0.717, 1.165) is 66.9 Å². The summed E-state index contributed by atoms with van der Waals surface area (Å²) in [5.41, 5.74) is 9.30. The monoisotopic (exact) mass is 617 g/mol. The molecule has 9 nitrogen and oxygen atoms in total. The van der Waals surface area contributed by atoms with E-state index in [1.165, 1.54) is 10.9 Å². The van der Waals surface area contributed by atoms with E-state index in [1.807, 2.05) is 55.8 Å². The number of fused-ring (bicyclic) bond motifs is 2. The smallest absolute Gasteiger partial charge is 0.271 e. The Bertz CT molecular complexity index is 1620. The summed E-state index contributed by atoms with van der Waals surface area (Å²) in [5, 5.41) is 15.1. The van der Waals surface area contributed by atoms with Crippen LogP contribution in [0.5, 0.6) is 0 Å². The highest BCUT2D eigenvalue weighted by Gasteiger charge is 2.09. The number of hydrogen-bond acceptors (Lipinski definition) is 6. The molecule has 0 aliphatic carbocycles. The van der Waals surface area contributed by atoms with E-state index in [2.05, 4.69) is 76.5 Å². The van der Waals surface area contributed by atoms with E-state index in [4.69, 9.17) is 5.73 Å². The summed E-state index contributed by atoms with van der Waals surface area (Å²) >= 11 is 1.61. The third-order valence-corrected chi connectivity index (χ3v) is 7.90. The highest BCUT2D eigenvalue weighted by atomic mass is 32.1. The fourth-order valence-electron chi connectivity index (χ4n) is 4.80. The van der Waals surface area contributed by atoms with Gasteiger partial charge in [0.25, 0.3) is 5.69 Å². The molecule has 0 radical (unpaired) electrons. The van der Waals surface area contributed by atoms with Crippen molar-refractivity contribution in [3.05, 3.63) is 93.4 Å². The number of nitro groups is 1. The van der Waals surface area contributed by atoms with Gasteiger partial charge in [-0.2, -0.15) is 0 Å². The minimum atomic E-state index is -0.344. The largest absolute Gasteiger partial charge is 0.383 e. The molecule has 2 aromatic carbocycles. The first-order chi connectivity index (χ1) is 21.2. The number of nitrogens with two attached hydrogens (primary N) is 1. The van der Waals surface area contributed by atoms with Crippen molar-refractivity contribution in [3.8, 4) is 0 Å². The van der Waals surface area contributed by atoms with Crippen LogP contribution in [0.1, 0.15) is 38.0 Å². The van der Waals surface area contributed by atoms with Crippen LogP contribution in [0, 0.1) is 10.1 Å². The summed E-state index contributed by atoms with van der Waals surface area (Å²) in [6, 6.07) is 19.4. The summed E-state index contributed by atoms with van der Waals surface area (Å²) in [7, 11) is 8.34. The van der Waals surface area contributed by atoms with Crippen molar-refractivity contribution < 1.29 is 4.92 Å². The zero-order valence-corrected chi connectivity index (χ0v) is 27.8. The number of amidine groups is 1. The maximum atomic E-state index is 10.8. The molecule has 3 aromatic heterocycles. The van der Waals surface area contributed by atoms with Crippen molar-refractivity contribution in [2.45, 2.75) is 46.2 Å². The zero-order valence-electron chi connectivity index (χ0n) is 26.9. The maximum Gasteiger partial charge on any atom is 0.271 e. The lowest BCUT2D eigenvalue weighted by molar-refractivity contribution is -0.384. The Morgan fingerprint density at radius 1 is 0.841 bits per heavy atom. The van der Waals surface area contributed by atoms with E-state index in [-0.39, 0.29) is 10.6 Å². The first kappa shape index (κ1) is 34.5. The van der Waals surface area contributed by atoms with Gasteiger partial charge in [0, 0.05) is 43.0 Å². The average molecular weight is 618 g/mol. The van der Waals surface area contributed by atoms with Crippen LogP contribution < -0.4 is 5.73 Å². The molecule has 0 bridgehead atoms. The minimum Gasteiger partial charge on any atom is -0.383 e. The molecule has 0 atom stereocenters. The number of unbranched alkanes of at least 4 members (excludes halogenated alkanes) is 1. The van der Waals surface area contributed by atoms with Gasteiger partial charge in [-0.05, 0) is 108 Å². The Morgan fingerprint density at radius 3 is 2.02 bits per heavy atom. The van der Waals surface area contributed by atoms with Crippen LogP contribution in [0.2, 0.25) is 0 Å². The molecule has 0 saturated heterocycles. The molecule has 0 aliphatic rings. The molecular weight excluding hydrogens is 570 g/mol. The molecule has 0 spiro atoms. The van der Waals surface area contributed by atoms with Crippen LogP contribution in [-0.2, 0) is 13.1 Å². The van der Waals surface area contributed by atoms with Crippen molar-refractivity contribution in [2.24, 2.45) is 10.7 Å². The third kappa shape index (κ3) is 10.0. The lowest BCUT2D eigenvalue weighted by atomic mass is 10.2. The van der Waals surface area contributed by atoms with Crippen molar-refractivity contribution in [3.63, 3.8) is 0 Å². The third-order valence-electron chi connectivity index (χ3n) is 7.01. The molecule has 3 heterocycles. The fourth-order valence-corrected chi connectivity index (χ4v) is 5.43. The van der Waals surface area contributed by atoms with Crippen LogP contribution in [0.4, 0.5) is 11.4 Å². The molecule has 0 unspecified atom stereocenters. The second-order valence-corrected chi connectivity index (χ2v) is 11.9. The van der Waals surface area contributed by atoms with Crippen molar-refractivity contribution >= 4 is 50.4 Å². The summed E-state index contributed by atoms with van der Waals surface area (Å²) in [5.74, 6) is 0.574. The number of benzene rings is 2. The normalized spacial score (nSPS) is 11.5. The standard InChI is InChI=1S/C18H22N4S.C14H19N3O2.C2H6/c1-21(2)9-4-10-22-11-8-14-6-7-15(13-16(14)22)20-18(19)17-5-3-12-23-17;1-15(2)8-3-4-9-16-10-7-12-5-6-13(17(18)19)11-14(12)16;1-2/h3,5-8,11-13H,4,9-10H2,1-2H3,(H2,19,20);5-7,10-11H,3-4,8-9H2,1-2H3;1-2H3. The molecular formula is C34H47N7O2S. The topological polar surface area (TPSA) is 97.9 Å².